The summed E-state index contributed by atoms with van der Waals surface area (Å²) < 4.78 is 30.8. The third-order valence-corrected chi connectivity index (χ3v) is 7.00. The van der Waals surface area contributed by atoms with Crippen LogP contribution in [0.25, 0.3) is 11.1 Å². The van der Waals surface area contributed by atoms with Crippen LogP contribution in [0.1, 0.15) is 29.9 Å². The second-order valence-electron chi connectivity index (χ2n) is 7.52. The van der Waals surface area contributed by atoms with Crippen molar-refractivity contribution < 1.29 is 27.9 Å². The molecular weight excluding hydrogens is 408 g/mol. The standard InChI is InChI=1S/C21H22N2O6S/c24-20(25)19(11-13-9-10-30(27,28)23-13)22-21(26)29-12-18-16-7-3-1-5-14(16)15-6-2-4-8-17(15)18/h1-8,13,18-19,23H,9-12H2,(H,22,26)(H,24,25). The molecule has 1 saturated heterocycles. The smallest absolute Gasteiger partial charge is 0.407 e. The number of carbonyl (C=O) groups excluding carboxylic acids is 1. The molecule has 0 aromatic heterocycles. The van der Waals surface area contributed by atoms with E-state index >= 15 is 0 Å². The molecule has 2 atom stereocenters. The van der Waals surface area contributed by atoms with Gasteiger partial charge in [0.05, 0.1) is 5.75 Å². The maximum atomic E-state index is 12.3. The molecule has 4 rings (SSSR count). The van der Waals surface area contributed by atoms with E-state index in [9.17, 15) is 23.1 Å². The molecule has 3 N–H and O–H groups in total. The summed E-state index contributed by atoms with van der Waals surface area (Å²) in [7, 11) is -3.36. The fourth-order valence-electron chi connectivity index (χ4n) is 4.12. The van der Waals surface area contributed by atoms with Gasteiger partial charge in [-0.05, 0) is 35.1 Å². The monoisotopic (exact) mass is 430 g/mol. The minimum atomic E-state index is -3.36. The molecule has 0 spiro atoms. The number of amides is 1. The van der Waals surface area contributed by atoms with E-state index in [0.717, 1.165) is 22.3 Å². The predicted octanol–water partition coefficient (Wildman–Crippen LogP) is 2.06. The maximum Gasteiger partial charge on any atom is 0.407 e. The van der Waals surface area contributed by atoms with Crippen LogP contribution in [0.15, 0.2) is 48.5 Å². The molecule has 1 aliphatic carbocycles. The average Bonchev–Trinajstić information content (AvgIpc) is 3.22. The van der Waals surface area contributed by atoms with Gasteiger partial charge in [-0.2, -0.15) is 0 Å². The highest BCUT2D eigenvalue weighted by molar-refractivity contribution is 7.89. The van der Waals surface area contributed by atoms with E-state index in [-0.39, 0.29) is 24.7 Å². The van der Waals surface area contributed by atoms with Crippen molar-refractivity contribution in [1.29, 1.82) is 0 Å². The molecule has 158 valence electrons. The van der Waals surface area contributed by atoms with E-state index < -0.39 is 34.2 Å². The van der Waals surface area contributed by atoms with Crippen LogP contribution in [0.4, 0.5) is 4.79 Å². The van der Waals surface area contributed by atoms with E-state index in [1.165, 1.54) is 0 Å². The van der Waals surface area contributed by atoms with Crippen molar-refractivity contribution in [2.75, 3.05) is 12.4 Å². The Bertz CT molecular complexity index is 1040. The number of sulfonamides is 1. The van der Waals surface area contributed by atoms with Gasteiger partial charge in [0, 0.05) is 12.0 Å². The fraction of sp³-hybridized carbons (Fsp3) is 0.333. The molecule has 0 bridgehead atoms. The number of nitrogens with one attached hydrogen (secondary N) is 2. The number of hydrogen-bond donors (Lipinski definition) is 3. The summed E-state index contributed by atoms with van der Waals surface area (Å²) in [4.78, 5) is 23.8. The number of carbonyl (C=O) groups is 2. The first-order valence-corrected chi connectivity index (χ1v) is 11.3. The molecule has 2 aliphatic rings. The molecule has 1 heterocycles. The number of rotatable bonds is 6. The lowest BCUT2D eigenvalue weighted by Gasteiger charge is -2.19. The Hall–Kier alpha value is -2.91. The van der Waals surface area contributed by atoms with E-state index in [4.69, 9.17) is 4.74 Å². The Balaban J connectivity index is 1.40. The molecule has 8 nitrogen and oxygen atoms in total. The summed E-state index contributed by atoms with van der Waals surface area (Å²) in [5.74, 6) is -1.42. The second-order valence-corrected chi connectivity index (χ2v) is 9.39. The quantitative estimate of drug-likeness (QED) is 0.645. The van der Waals surface area contributed by atoms with Crippen LogP contribution in [0.5, 0.6) is 0 Å². The van der Waals surface area contributed by atoms with Gasteiger partial charge < -0.3 is 15.2 Å². The van der Waals surface area contributed by atoms with Gasteiger partial charge in [0.2, 0.25) is 10.0 Å². The SMILES string of the molecule is O=C(NC(CC1CCS(=O)(=O)N1)C(=O)O)OCC1c2ccccc2-c2ccccc21. The number of carboxylic acids is 1. The van der Waals surface area contributed by atoms with Crippen LogP contribution in [0.3, 0.4) is 0 Å². The van der Waals surface area contributed by atoms with Crippen molar-refractivity contribution >= 4 is 22.1 Å². The number of alkyl carbamates (subject to hydrolysis) is 1. The van der Waals surface area contributed by atoms with E-state index in [0.29, 0.717) is 6.42 Å². The number of ether oxygens (including phenoxy) is 1. The summed E-state index contributed by atoms with van der Waals surface area (Å²) in [6.45, 7) is 0.0717. The van der Waals surface area contributed by atoms with Gasteiger partial charge in [-0.25, -0.2) is 22.7 Å². The lowest BCUT2D eigenvalue weighted by molar-refractivity contribution is -0.139. The summed E-state index contributed by atoms with van der Waals surface area (Å²) in [5.41, 5.74) is 4.31. The average molecular weight is 430 g/mol. The van der Waals surface area contributed by atoms with Crippen molar-refractivity contribution in [2.24, 2.45) is 0 Å². The first-order valence-electron chi connectivity index (χ1n) is 9.68. The highest BCUT2D eigenvalue weighted by atomic mass is 32.2. The molecule has 0 radical (unpaired) electrons. The Labute approximate surface area is 174 Å². The Morgan fingerprint density at radius 2 is 1.70 bits per heavy atom. The Kier molecular flexibility index (Phi) is 5.48. The van der Waals surface area contributed by atoms with Gasteiger partial charge in [-0.15, -0.1) is 0 Å². The lowest BCUT2D eigenvalue weighted by Crippen LogP contribution is -2.45. The molecular formula is C21H22N2O6S. The number of carboxylic acid groups (broad SMARTS) is 1. The zero-order valence-electron chi connectivity index (χ0n) is 16.1. The molecule has 30 heavy (non-hydrogen) atoms. The predicted molar refractivity (Wildman–Crippen MR) is 110 cm³/mol. The zero-order valence-corrected chi connectivity index (χ0v) is 16.9. The number of hydrogen-bond acceptors (Lipinski definition) is 5. The van der Waals surface area contributed by atoms with Crippen LogP contribution in [0, 0.1) is 0 Å². The van der Waals surface area contributed by atoms with Crippen molar-refractivity contribution in [3.8, 4) is 11.1 Å². The number of benzene rings is 2. The van der Waals surface area contributed by atoms with Crippen molar-refractivity contribution in [3.63, 3.8) is 0 Å². The van der Waals surface area contributed by atoms with Crippen LogP contribution in [0.2, 0.25) is 0 Å². The van der Waals surface area contributed by atoms with E-state index in [1.54, 1.807) is 0 Å². The molecule has 1 aliphatic heterocycles. The van der Waals surface area contributed by atoms with Gasteiger partial charge >= 0.3 is 12.1 Å². The normalized spacial score (nSPS) is 20.2. The minimum absolute atomic E-state index is 0.0429. The summed E-state index contributed by atoms with van der Waals surface area (Å²) in [6.07, 6.45) is -0.581. The first kappa shape index (κ1) is 20.4. The zero-order chi connectivity index (χ0) is 21.3. The van der Waals surface area contributed by atoms with Crippen molar-refractivity contribution in [3.05, 3.63) is 59.7 Å². The molecule has 9 heteroatoms. The third-order valence-electron chi connectivity index (χ3n) is 5.54. The van der Waals surface area contributed by atoms with Gasteiger partial charge in [0.25, 0.3) is 0 Å². The van der Waals surface area contributed by atoms with Crippen LogP contribution in [-0.2, 0) is 19.6 Å². The molecule has 2 aromatic rings. The lowest BCUT2D eigenvalue weighted by atomic mass is 9.98. The number of fused-ring (bicyclic) bond motifs is 3. The molecule has 2 unspecified atom stereocenters. The number of aliphatic carboxylic acids is 1. The minimum Gasteiger partial charge on any atom is -0.480 e. The van der Waals surface area contributed by atoms with Crippen molar-refractivity contribution in [1.82, 2.24) is 10.0 Å². The topological polar surface area (TPSA) is 122 Å². The van der Waals surface area contributed by atoms with Gasteiger partial charge in [0.1, 0.15) is 12.6 Å². The molecule has 1 fully saturated rings. The highest BCUT2D eigenvalue weighted by Gasteiger charge is 2.33. The van der Waals surface area contributed by atoms with Gasteiger partial charge in [0.15, 0.2) is 0 Å². The highest BCUT2D eigenvalue weighted by Crippen LogP contribution is 2.44. The Morgan fingerprint density at radius 3 is 2.23 bits per heavy atom. The largest absolute Gasteiger partial charge is 0.480 e. The fourth-order valence-corrected chi connectivity index (χ4v) is 5.56. The third kappa shape index (κ3) is 4.17. The summed E-state index contributed by atoms with van der Waals surface area (Å²) >= 11 is 0. The van der Waals surface area contributed by atoms with Crippen LogP contribution >= 0.6 is 0 Å². The summed E-state index contributed by atoms with van der Waals surface area (Å²) in [6, 6.07) is 14.1. The van der Waals surface area contributed by atoms with Gasteiger partial charge in [-0.1, -0.05) is 48.5 Å². The molecule has 0 saturated carbocycles. The van der Waals surface area contributed by atoms with Crippen molar-refractivity contribution in [2.45, 2.75) is 30.8 Å². The van der Waals surface area contributed by atoms with E-state index in [2.05, 4.69) is 10.0 Å². The Morgan fingerprint density at radius 1 is 1.10 bits per heavy atom. The summed E-state index contributed by atoms with van der Waals surface area (Å²) in [5, 5.41) is 11.8. The first-order chi connectivity index (χ1) is 14.3. The maximum absolute atomic E-state index is 12.3. The second kappa shape index (κ2) is 8.08. The van der Waals surface area contributed by atoms with Gasteiger partial charge in [-0.3, -0.25) is 0 Å². The van der Waals surface area contributed by atoms with E-state index in [1.807, 2.05) is 48.5 Å². The van der Waals surface area contributed by atoms with Crippen LogP contribution in [-0.4, -0.2) is 50.0 Å². The molecule has 2 aromatic carbocycles. The molecule has 1 amide bonds. The van der Waals surface area contributed by atoms with Crippen LogP contribution < -0.4 is 10.0 Å².